The monoisotopic (exact) mass is 219 g/mol. The number of methoxy groups -OCH3 is 1. The van der Waals surface area contributed by atoms with Crippen LogP contribution in [-0.2, 0) is 16.0 Å². The highest BCUT2D eigenvalue weighted by Crippen LogP contribution is 2.33. The predicted octanol–water partition coefficient (Wildman–Crippen LogP) is 2.29. The summed E-state index contributed by atoms with van der Waals surface area (Å²) in [5, 5.41) is 0. The zero-order valence-corrected chi connectivity index (χ0v) is 10.0. The molecule has 86 valence electrons. The number of carbonyl (C=O) groups is 1. The van der Waals surface area contributed by atoms with Crippen molar-refractivity contribution in [2.45, 2.75) is 39.0 Å². The maximum Gasteiger partial charge on any atom is 0.314 e. The van der Waals surface area contributed by atoms with Crippen molar-refractivity contribution in [2.75, 3.05) is 7.11 Å². The van der Waals surface area contributed by atoms with Crippen molar-refractivity contribution in [1.29, 1.82) is 0 Å². The highest BCUT2D eigenvalue weighted by Gasteiger charge is 2.29. The Morgan fingerprint density at radius 2 is 2.25 bits per heavy atom. The van der Waals surface area contributed by atoms with Crippen molar-refractivity contribution >= 4 is 5.97 Å². The van der Waals surface area contributed by atoms with Gasteiger partial charge in [0.2, 0.25) is 0 Å². The molecule has 1 heterocycles. The van der Waals surface area contributed by atoms with Crippen LogP contribution in [0.3, 0.4) is 0 Å². The first-order valence-electron chi connectivity index (χ1n) is 5.68. The molecule has 3 heteroatoms. The minimum atomic E-state index is -0.159. The zero-order valence-electron chi connectivity index (χ0n) is 10.0. The van der Waals surface area contributed by atoms with Crippen LogP contribution < -0.4 is 0 Å². The van der Waals surface area contributed by atoms with Gasteiger partial charge in [0.25, 0.3) is 0 Å². The smallest absolute Gasteiger partial charge is 0.314 e. The molecule has 1 unspecified atom stereocenters. The normalized spacial score (nSPS) is 19.1. The molecule has 2 rings (SSSR count). The highest BCUT2D eigenvalue weighted by atomic mass is 16.5. The van der Waals surface area contributed by atoms with Gasteiger partial charge in [0.1, 0.15) is 0 Å². The van der Waals surface area contributed by atoms with Crippen LogP contribution in [0, 0.1) is 13.8 Å². The number of aryl methyl sites for hydroxylation is 1. The molecule has 1 aromatic rings. The summed E-state index contributed by atoms with van der Waals surface area (Å²) < 4.78 is 4.84. The third-order valence-electron chi connectivity index (χ3n) is 3.49. The quantitative estimate of drug-likeness (QED) is 0.680. The lowest BCUT2D eigenvalue weighted by molar-refractivity contribution is -0.142. The van der Waals surface area contributed by atoms with E-state index < -0.39 is 0 Å². The molecule has 16 heavy (non-hydrogen) atoms. The molecule has 0 spiro atoms. The number of pyridine rings is 1. The number of aromatic nitrogens is 1. The minimum Gasteiger partial charge on any atom is -0.469 e. The fourth-order valence-corrected chi connectivity index (χ4v) is 2.38. The van der Waals surface area contributed by atoms with E-state index in [2.05, 4.69) is 18.8 Å². The average Bonchev–Trinajstić information content (AvgIpc) is 2.32. The molecular formula is C13H17NO2. The van der Waals surface area contributed by atoms with Crippen molar-refractivity contribution in [3.63, 3.8) is 0 Å². The van der Waals surface area contributed by atoms with Gasteiger partial charge in [-0.3, -0.25) is 9.78 Å². The molecule has 0 aliphatic heterocycles. The van der Waals surface area contributed by atoms with Crippen molar-refractivity contribution in [3.05, 3.63) is 28.6 Å². The first-order chi connectivity index (χ1) is 7.65. The molecule has 0 fully saturated rings. The third-order valence-corrected chi connectivity index (χ3v) is 3.49. The van der Waals surface area contributed by atoms with Gasteiger partial charge in [-0.05, 0) is 49.8 Å². The Hall–Kier alpha value is -1.38. The Kier molecular flexibility index (Phi) is 2.95. The molecule has 1 aliphatic rings. The van der Waals surface area contributed by atoms with Crippen LogP contribution in [0.5, 0.6) is 0 Å². The van der Waals surface area contributed by atoms with Gasteiger partial charge in [0, 0.05) is 6.20 Å². The van der Waals surface area contributed by atoms with Gasteiger partial charge >= 0.3 is 5.97 Å². The summed E-state index contributed by atoms with van der Waals surface area (Å²) in [4.78, 5) is 16.1. The van der Waals surface area contributed by atoms with E-state index in [9.17, 15) is 4.79 Å². The van der Waals surface area contributed by atoms with Gasteiger partial charge in [-0.1, -0.05) is 0 Å². The van der Waals surface area contributed by atoms with Gasteiger partial charge in [0.05, 0.1) is 18.7 Å². The lowest BCUT2D eigenvalue weighted by atomic mass is 9.84. The number of nitrogens with zero attached hydrogens (tertiary/aromatic N) is 1. The van der Waals surface area contributed by atoms with E-state index in [1.54, 1.807) is 0 Å². The topological polar surface area (TPSA) is 39.2 Å². The Labute approximate surface area is 95.8 Å². The van der Waals surface area contributed by atoms with E-state index in [1.165, 1.54) is 23.8 Å². The Morgan fingerprint density at radius 1 is 1.50 bits per heavy atom. The summed E-state index contributed by atoms with van der Waals surface area (Å²) in [5.41, 5.74) is 4.66. The van der Waals surface area contributed by atoms with Crippen molar-refractivity contribution in [3.8, 4) is 0 Å². The number of hydrogen-bond donors (Lipinski definition) is 0. The number of esters is 1. The van der Waals surface area contributed by atoms with E-state index in [0.29, 0.717) is 0 Å². The van der Waals surface area contributed by atoms with E-state index in [0.717, 1.165) is 25.0 Å². The lowest BCUT2D eigenvalue weighted by Crippen LogP contribution is -2.22. The first-order valence-corrected chi connectivity index (χ1v) is 5.68. The summed E-state index contributed by atoms with van der Waals surface area (Å²) in [6.07, 6.45) is 4.78. The van der Waals surface area contributed by atoms with Crippen LogP contribution >= 0.6 is 0 Å². The van der Waals surface area contributed by atoms with Crippen molar-refractivity contribution in [1.82, 2.24) is 4.98 Å². The molecule has 0 N–H and O–H groups in total. The minimum absolute atomic E-state index is 0.156. The second-order valence-electron chi connectivity index (χ2n) is 4.40. The molecule has 0 bridgehead atoms. The van der Waals surface area contributed by atoms with Crippen molar-refractivity contribution in [2.24, 2.45) is 0 Å². The second kappa shape index (κ2) is 4.24. The van der Waals surface area contributed by atoms with Gasteiger partial charge in [-0.25, -0.2) is 0 Å². The molecule has 0 saturated carbocycles. The maximum absolute atomic E-state index is 11.7. The molecule has 0 saturated heterocycles. The molecule has 1 aliphatic carbocycles. The number of ether oxygens (including phenoxy) is 1. The summed E-state index contributed by atoms with van der Waals surface area (Å²) >= 11 is 0. The highest BCUT2D eigenvalue weighted by molar-refractivity contribution is 5.78. The van der Waals surface area contributed by atoms with Crippen LogP contribution in [0.1, 0.15) is 41.1 Å². The van der Waals surface area contributed by atoms with Gasteiger partial charge in [-0.2, -0.15) is 0 Å². The summed E-state index contributed by atoms with van der Waals surface area (Å²) in [6.45, 7) is 4.17. The Balaban J connectivity index is 2.47. The SMILES string of the molecule is COC(=O)C1CCCc2c1ncc(C)c2C. The van der Waals surface area contributed by atoms with E-state index in [-0.39, 0.29) is 11.9 Å². The van der Waals surface area contributed by atoms with Crippen LogP contribution in [-0.4, -0.2) is 18.1 Å². The first kappa shape index (κ1) is 11.1. The number of carbonyl (C=O) groups excluding carboxylic acids is 1. The molecule has 1 atom stereocenters. The zero-order chi connectivity index (χ0) is 11.7. The summed E-state index contributed by atoms with van der Waals surface area (Å²) in [5.74, 6) is -0.315. The van der Waals surface area contributed by atoms with Crippen LogP contribution in [0.4, 0.5) is 0 Å². The lowest BCUT2D eigenvalue weighted by Gasteiger charge is -2.24. The van der Waals surface area contributed by atoms with Gasteiger partial charge < -0.3 is 4.74 Å². The van der Waals surface area contributed by atoms with E-state index >= 15 is 0 Å². The van der Waals surface area contributed by atoms with E-state index in [1.807, 2.05) is 6.20 Å². The fraction of sp³-hybridized carbons (Fsp3) is 0.538. The molecule has 3 nitrogen and oxygen atoms in total. The maximum atomic E-state index is 11.7. The van der Waals surface area contributed by atoms with E-state index in [4.69, 9.17) is 4.74 Å². The Bertz CT molecular complexity index is 426. The predicted molar refractivity (Wildman–Crippen MR) is 61.4 cm³/mol. The fourth-order valence-electron chi connectivity index (χ4n) is 2.38. The van der Waals surface area contributed by atoms with Crippen LogP contribution in [0.2, 0.25) is 0 Å². The van der Waals surface area contributed by atoms with Crippen LogP contribution in [0.25, 0.3) is 0 Å². The van der Waals surface area contributed by atoms with Crippen molar-refractivity contribution < 1.29 is 9.53 Å². The number of rotatable bonds is 1. The molecular weight excluding hydrogens is 202 g/mol. The average molecular weight is 219 g/mol. The van der Waals surface area contributed by atoms with Crippen LogP contribution in [0.15, 0.2) is 6.20 Å². The number of fused-ring (bicyclic) bond motifs is 1. The summed E-state index contributed by atoms with van der Waals surface area (Å²) in [6, 6.07) is 0. The largest absolute Gasteiger partial charge is 0.469 e. The second-order valence-corrected chi connectivity index (χ2v) is 4.40. The Morgan fingerprint density at radius 3 is 2.94 bits per heavy atom. The van der Waals surface area contributed by atoms with Gasteiger partial charge in [0.15, 0.2) is 0 Å². The molecule has 0 amide bonds. The molecule has 0 radical (unpaired) electrons. The summed E-state index contributed by atoms with van der Waals surface area (Å²) in [7, 11) is 1.44. The molecule has 1 aromatic heterocycles. The standard InChI is InChI=1S/C13H17NO2/c1-8-7-14-12-10(9(8)2)5-4-6-11(12)13(15)16-3/h7,11H,4-6H2,1-3H3. The van der Waals surface area contributed by atoms with Gasteiger partial charge in [-0.15, -0.1) is 0 Å². The number of hydrogen-bond acceptors (Lipinski definition) is 3. The third kappa shape index (κ3) is 1.70. The molecule has 0 aromatic carbocycles.